The van der Waals surface area contributed by atoms with Crippen LogP contribution in [0, 0.1) is 6.92 Å². The number of carbonyl (C=O) groups is 1. The van der Waals surface area contributed by atoms with E-state index in [-0.39, 0.29) is 12.0 Å². The molecule has 0 radical (unpaired) electrons. The lowest BCUT2D eigenvalue weighted by Crippen LogP contribution is -2.29. The molecule has 0 heterocycles. The van der Waals surface area contributed by atoms with E-state index in [4.69, 9.17) is 9.47 Å². The van der Waals surface area contributed by atoms with Gasteiger partial charge in [-0.2, -0.15) is 0 Å². The summed E-state index contributed by atoms with van der Waals surface area (Å²) in [4.78, 5) is 12.1. The first kappa shape index (κ1) is 18.0. The van der Waals surface area contributed by atoms with Gasteiger partial charge in [-0.05, 0) is 42.2 Å². The highest BCUT2D eigenvalue weighted by Gasteiger charge is 2.13. The van der Waals surface area contributed by atoms with E-state index in [0.29, 0.717) is 19.4 Å². The van der Waals surface area contributed by atoms with Gasteiger partial charge in [0.05, 0.1) is 13.2 Å². The van der Waals surface area contributed by atoms with Crippen molar-refractivity contribution in [3.63, 3.8) is 0 Å². The number of hydrogen-bond acceptors (Lipinski definition) is 3. The Morgan fingerprint density at radius 2 is 1.79 bits per heavy atom. The van der Waals surface area contributed by atoms with E-state index < -0.39 is 0 Å². The van der Waals surface area contributed by atoms with Gasteiger partial charge in [-0.1, -0.05) is 36.4 Å². The molecule has 1 N–H and O–H groups in total. The van der Waals surface area contributed by atoms with E-state index in [1.165, 1.54) is 0 Å². The molecule has 1 unspecified atom stereocenters. The van der Waals surface area contributed by atoms with Crippen LogP contribution in [0.1, 0.15) is 29.2 Å². The number of methoxy groups -OCH3 is 2. The highest BCUT2D eigenvalue weighted by Crippen LogP contribution is 2.19. The van der Waals surface area contributed by atoms with Crippen LogP contribution in [0.25, 0.3) is 0 Å². The number of aryl methyl sites for hydroxylation is 2. The number of hydrogen-bond donors (Lipinski definition) is 1. The number of nitrogens with one attached hydrogen (secondary N) is 1. The number of carbonyl (C=O) groups excluding carboxylic acids is 1. The van der Waals surface area contributed by atoms with Gasteiger partial charge in [0.25, 0.3) is 0 Å². The lowest BCUT2D eigenvalue weighted by Gasteiger charge is -2.18. The van der Waals surface area contributed by atoms with Crippen molar-refractivity contribution in [2.24, 2.45) is 0 Å². The summed E-state index contributed by atoms with van der Waals surface area (Å²) in [5.74, 6) is 0.853. The van der Waals surface area contributed by atoms with E-state index >= 15 is 0 Å². The Labute approximate surface area is 143 Å². The summed E-state index contributed by atoms with van der Waals surface area (Å²) in [6.07, 6.45) is 1.03. The summed E-state index contributed by atoms with van der Waals surface area (Å²) in [5.41, 5.74) is 3.39. The van der Waals surface area contributed by atoms with Crippen LogP contribution in [0.2, 0.25) is 0 Å². The van der Waals surface area contributed by atoms with E-state index in [2.05, 4.69) is 5.32 Å². The molecular weight excluding hydrogens is 302 g/mol. The monoisotopic (exact) mass is 327 g/mol. The first-order valence-electron chi connectivity index (χ1n) is 8.12. The van der Waals surface area contributed by atoms with E-state index in [0.717, 1.165) is 22.4 Å². The topological polar surface area (TPSA) is 47.6 Å². The van der Waals surface area contributed by atoms with Crippen molar-refractivity contribution in [2.75, 3.05) is 20.8 Å². The molecule has 24 heavy (non-hydrogen) atoms. The second kappa shape index (κ2) is 9.08. The SMILES string of the molecule is COc1ccc(CCC(=O)NCC(OC)c2ccccc2C)cc1. The Morgan fingerprint density at radius 1 is 1.08 bits per heavy atom. The Kier molecular flexibility index (Phi) is 6.82. The molecule has 0 bridgehead atoms. The predicted molar refractivity (Wildman–Crippen MR) is 95.3 cm³/mol. The summed E-state index contributed by atoms with van der Waals surface area (Å²) in [6.45, 7) is 2.52. The van der Waals surface area contributed by atoms with E-state index in [1.54, 1.807) is 14.2 Å². The minimum Gasteiger partial charge on any atom is -0.497 e. The highest BCUT2D eigenvalue weighted by atomic mass is 16.5. The maximum atomic E-state index is 12.1. The molecule has 2 aromatic carbocycles. The van der Waals surface area contributed by atoms with Gasteiger partial charge >= 0.3 is 0 Å². The lowest BCUT2D eigenvalue weighted by molar-refractivity contribution is -0.121. The molecule has 1 atom stereocenters. The quantitative estimate of drug-likeness (QED) is 0.808. The molecule has 4 nitrogen and oxygen atoms in total. The zero-order valence-electron chi connectivity index (χ0n) is 14.5. The van der Waals surface area contributed by atoms with Crippen molar-refractivity contribution in [3.05, 3.63) is 65.2 Å². The van der Waals surface area contributed by atoms with Crippen molar-refractivity contribution in [1.82, 2.24) is 5.32 Å². The van der Waals surface area contributed by atoms with E-state index in [9.17, 15) is 4.79 Å². The summed E-state index contributed by atoms with van der Waals surface area (Å²) in [6, 6.07) is 15.9. The molecule has 0 aliphatic rings. The third kappa shape index (κ3) is 5.10. The van der Waals surface area contributed by atoms with Gasteiger partial charge in [-0.15, -0.1) is 0 Å². The minimum absolute atomic E-state index is 0.0291. The minimum atomic E-state index is -0.129. The van der Waals surface area contributed by atoms with Crippen molar-refractivity contribution in [3.8, 4) is 5.75 Å². The Bertz CT molecular complexity index is 652. The molecular formula is C20H25NO3. The van der Waals surface area contributed by atoms with Crippen molar-refractivity contribution in [2.45, 2.75) is 25.9 Å². The average molecular weight is 327 g/mol. The van der Waals surface area contributed by atoms with Crippen LogP contribution in [-0.2, 0) is 16.0 Å². The van der Waals surface area contributed by atoms with Gasteiger partial charge in [0.2, 0.25) is 5.91 Å². The smallest absolute Gasteiger partial charge is 0.220 e. The molecule has 2 rings (SSSR count). The van der Waals surface area contributed by atoms with Gasteiger partial charge < -0.3 is 14.8 Å². The maximum absolute atomic E-state index is 12.1. The van der Waals surface area contributed by atoms with Crippen LogP contribution in [0.15, 0.2) is 48.5 Å². The molecule has 0 fully saturated rings. The molecule has 0 aromatic heterocycles. The zero-order chi connectivity index (χ0) is 17.4. The van der Waals surface area contributed by atoms with Crippen molar-refractivity contribution >= 4 is 5.91 Å². The van der Waals surface area contributed by atoms with Gasteiger partial charge in [0.15, 0.2) is 0 Å². The van der Waals surface area contributed by atoms with Gasteiger partial charge in [0.1, 0.15) is 5.75 Å². The maximum Gasteiger partial charge on any atom is 0.220 e. The Hall–Kier alpha value is -2.33. The summed E-state index contributed by atoms with van der Waals surface area (Å²) in [5, 5.41) is 2.96. The first-order chi connectivity index (χ1) is 11.6. The fraction of sp³-hybridized carbons (Fsp3) is 0.350. The summed E-state index contributed by atoms with van der Waals surface area (Å²) < 4.78 is 10.7. The fourth-order valence-electron chi connectivity index (χ4n) is 2.61. The van der Waals surface area contributed by atoms with Crippen LogP contribution in [0.3, 0.4) is 0 Å². The number of ether oxygens (including phenoxy) is 2. The second-order valence-corrected chi connectivity index (χ2v) is 5.73. The van der Waals surface area contributed by atoms with Crippen LogP contribution >= 0.6 is 0 Å². The van der Waals surface area contributed by atoms with Crippen LogP contribution in [0.4, 0.5) is 0 Å². The molecule has 0 saturated heterocycles. The molecule has 0 spiro atoms. The van der Waals surface area contributed by atoms with E-state index in [1.807, 2.05) is 55.5 Å². The number of benzene rings is 2. The van der Waals surface area contributed by atoms with Crippen LogP contribution in [0.5, 0.6) is 5.75 Å². The molecule has 128 valence electrons. The number of rotatable bonds is 8. The third-order valence-corrected chi connectivity index (χ3v) is 4.10. The van der Waals surface area contributed by atoms with Crippen molar-refractivity contribution in [1.29, 1.82) is 0 Å². The summed E-state index contributed by atoms with van der Waals surface area (Å²) >= 11 is 0. The molecule has 0 saturated carbocycles. The first-order valence-corrected chi connectivity index (χ1v) is 8.12. The van der Waals surface area contributed by atoms with Crippen molar-refractivity contribution < 1.29 is 14.3 Å². The van der Waals surface area contributed by atoms with Gasteiger partial charge in [-0.25, -0.2) is 0 Å². The van der Waals surface area contributed by atoms with Gasteiger partial charge in [0, 0.05) is 20.1 Å². The second-order valence-electron chi connectivity index (χ2n) is 5.73. The molecule has 0 aliphatic heterocycles. The Morgan fingerprint density at radius 3 is 2.42 bits per heavy atom. The van der Waals surface area contributed by atoms with Crippen LogP contribution in [-0.4, -0.2) is 26.7 Å². The zero-order valence-corrected chi connectivity index (χ0v) is 14.5. The summed E-state index contributed by atoms with van der Waals surface area (Å²) in [7, 11) is 3.31. The average Bonchev–Trinajstić information content (AvgIpc) is 2.62. The molecule has 1 amide bonds. The lowest BCUT2D eigenvalue weighted by atomic mass is 10.0. The largest absolute Gasteiger partial charge is 0.497 e. The Balaban J connectivity index is 1.82. The number of amides is 1. The normalized spacial score (nSPS) is 11.8. The standard InChI is InChI=1S/C20H25NO3/c1-15-6-4-5-7-18(15)19(24-3)14-21-20(22)13-10-16-8-11-17(23-2)12-9-16/h4-9,11-12,19H,10,13-14H2,1-3H3,(H,21,22). The van der Waals surface area contributed by atoms with Crippen LogP contribution < -0.4 is 10.1 Å². The molecule has 2 aromatic rings. The third-order valence-electron chi connectivity index (χ3n) is 4.10. The molecule has 4 heteroatoms. The fourth-order valence-corrected chi connectivity index (χ4v) is 2.61. The highest BCUT2D eigenvalue weighted by molar-refractivity contribution is 5.76. The van der Waals surface area contributed by atoms with Gasteiger partial charge in [-0.3, -0.25) is 4.79 Å². The predicted octanol–water partition coefficient (Wildman–Crippen LogP) is 3.44. The molecule has 0 aliphatic carbocycles.